The van der Waals surface area contributed by atoms with Crippen LogP contribution >= 0.6 is 0 Å². The highest BCUT2D eigenvalue weighted by atomic mass is 16.5. The lowest BCUT2D eigenvalue weighted by molar-refractivity contribution is -0.138. The number of carboxylic acids is 1. The number of carboxylic acid groups (broad SMARTS) is 1. The largest absolute Gasteiger partial charge is 0.481 e. The standard InChI is InChI=1S/C29H41N5O4/c1-19(2)6-4-3-5-15-31-29-32-26(30)25-27(33-29)38-17-16-34(28(25)37)23-13-11-22(12-14-23)21-9-7-20(8-10-21)18-24(35)36/h11-14,19-21H,3-10,15-18H2,1-2H3,(H,35,36)(H3,30,31,32,33)/t20-,21-. The van der Waals surface area contributed by atoms with Crippen LogP contribution in [0.15, 0.2) is 24.3 Å². The molecule has 1 aromatic heterocycles. The van der Waals surface area contributed by atoms with Gasteiger partial charge in [0.25, 0.3) is 5.91 Å². The van der Waals surface area contributed by atoms with Crippen LogP contribution in [0.1, 0.15) is 93.5 Å². The number of rotatable bonds is 11. The minimum Gasteiger partial charge on any atom is -0.481 e. The van der Waals surface area contributed by atoms with Crippen LogP contribution in [-0.4, -0.2) is 46.6 Å². The molecule has 2 aliphatic rings. The highest BCUT2D eigenvalue weighted by Gasteiger charge is 2.30. The molecule has 1 aromatic carbocycles. The molecule has 38 heavy (non-hydrogen) atoms. The van der Waals surface area contributed by atoms with Gasteiger partial charge in [-0.2, -0.15) is 9.97 Å². The second-order valence-electron chi connectivity index (χ2n) is 11.0. The Kier molecular flexibility index (Phi) is 9.42. The molecule has 4 rings (SSSR count). The van der Waals surface area contributed by atoms with Crippen LogP contribution in [0.25, 0.3) is 0 Å². The zero-order valence-corrected chi connectivity index (χ0v) is 22.6. The maximum absolute atomic E-state index is 13.5. The Hall–Kier alpha value is -3.36. The van der Waals surface area contributed by atoms with Crippen LogP contribution in [0.5, 0.6) is 5.88 Å². The predicted molar refractivity (Wildman–Crippen MR) is 149 cm³/mol. The van der Waals surface area contributed by atoms with Gasteiger partial charge in [-0.3, -0.25) is 9.59 Å². The number of aromatic nitrogens is 2. The number of hydrogen-bond acceptors (Lipinski definition) is 7. The van der Waals surface area contributed by atoms with Gasteiger partial charge in [-0.05, 0) is 67.6 Å². The highest BCUT2D eigenvalue weighted by molar-refractivity contribution is 6.10. The molecule has 206 valence electrons. The summed E-state index contributed by atoms with van der Waals surface area (Å²) in [5.41, 5.74) is 8.44. The molecule has 0 bridgehead atoms. The number of nitrogen functional groups attached to an aromatic ring is 1. The summed E-state index contributed by atoms with van der Waals surface area (Å²) in [4.78, 5) is 34.9. The van der Waals surface area contributed by atoms with E-state index in [0.29, 0.717) is 25.0 Å². The average Bonchev–Trinajstić information content (AvgIpc) is 3.05. The second kappa shape index (κ2) is 12.9. The normalized spacial score (nSPS) is 19.6. The second-order valence-corrected chi connectivity index (χ2v) is 11.0. The minimum absolute atomic E-state index is 0.115. The average molecular weight is 524 g/mol. The lowest BCUT2D eigenvalue weighted by atomic mass is 9.77. The predicted octanol–water partition coefficient (Wildman–Crippen LogP) is 5.47. The molecule has 1 aliphatic carbocycles. The number of carbonyl (C=O) groups excluding carboxylic acids is 1. The summed E-state index contributed by atoms with van der Waals surface area (Å²) < 4.78 is 5.84. The molecule has 2 heterocycles. The van der Waals surface area contributed by atoms with Crippen molar-refractivity contribution >= 4 is 29.3 Å². The number of nitrogens with one attached hydrogen (secondary N) is 1. The monoisotopic (exact) mass is 523 g/mol. The van der Waals surface area contributed by atoms with Gasteiger partial charge < -0.3 is 25.8 Å². The number of anilines is 3. The van der Waals surface area contributed by atoms with Gasteiger partial charge in [0.1, 0.15) is 18.0 Å². The summed E-state index contributed by atoms with van der Waals surface area (Å²) in [6.07, 6.45) is 8.70. The number of carbonyl (C=O) groups is 2. The smallest absolute Gasteiger partial charge is 0.303 e. The van der Waals surface area contributed by atoms with Crippen molar-refractivity contribution in [1.82, 2.24) is 9.97 Å². The third kappa shape index (κ3) is 7.14. The third-order valence-electron chi connectivity index (χ3n) is 7.64. The van der Waals surface area contributed by atoms with Crippen LogP contribution in [0.3, 0.4) is 0 Å². The molecule has 1 aliphatic heterocycles. The van der Waals surface area contributed by atoms with E-state index in [1.807, 2.05) is 12.1 Å². The first-order valence-corrected chi connectivity index (χ1v) is 14.0. The van der Waals surface area contributed by atoms with E-state index < -0.39 is 5.97 Å². The van der Waals surface area contributed by atoms with Gasteiger partial charge in [0.2, 0.25) is 11.8 Å². The highest BCUT2D eigenvalue weighted by Crippen LogP contribution is 2.38. The molecule has 0 atom stereocenters. The van der Waals surface area contributed by atoms with E-state index in [1.54, 1.807) is 4.90 Å². The number of amides is 1. The van der Waals surface area contributed by atoms with Gasteiger partial charge in [-0.1, -0.05) is 45.2 Å². The Morgan fingerprint density at radius 1 is 1.13 bits per heavy atom. The summed E-state index contributed by atoms with van der Waals surface area (Å²) in [6.45, 7) is 5.90. The number of benzene rings is 1. The van der Waals surface area contributed by atoms with E-state index in [0.717, 1.165) is 56.7 Å². The lowest BCUT2D eigenvalue weighted by Gasteiger charge is -2.28. The molecule has 1 saturated carbocycles. The van der Waals surface area contributed by atoms with E-state index in [1.165, 1.54) is 18.4 Å². The summed E-state index contributed by atoms with van der Waals surface area (Å²) in [5.74, 6) is 1.16. The molecule has 0 saturated heterocycles. The molecule has 9 nitrogen and oxygen atoms in total. The van der Waals surface area contributed by atoms with Crippen LogP contribution < -0.4 is 20.7 Å². The summed E-state index contributed by atoms with van der Waals surface area (Å²) in [6, 6.07) is 8.08. The molecule has 4 N–H and O–H groups in total. The number of hydrogen-bond donors (Lipinski definition) is 3. The number of aliphatic carboxylic acids is 1. The summed E-state index contributed by atoms with van der Waals surface area (Å²) in [5, 5.41) is 12.3. The van der Waals surface area contributed by atoms with Crippen LogP contribution in [0, 0.1) is 11.8 Å². The van der Waals surface area contributed by atoms with Crippen LogP contribution in [0.4, 0.5) is 17.5 Å². The van der Waals surface area contributed by atoms with Crippen molar-refractivity contribution < 1.29 is 19.4 Å². The first-order valence-electron chi connectivity index (χ1n) is 14.0. The van der Waals surface area contributed by atoms with E-state index in [-0.39, 0.29) is 35.5 Å². The maximum atomic E-state index is 13.5. The molecule has 0 radical (unpaired) electrons. The third-order valence-corrected chi connectivity index (χ3v) is 7.64. The Balaban J connectivity index is 1.37. The zero-order valence-electron chi connectivity index (χ0n) is 22.6. The number of ether oxygens (including phenoxy) is 1. The molecule has 0 spiro atoms. The fourth-order valence-electron chi connectivity index (χ4n) is 5.49. The number of nitrogens with zero attached hydrogens (tertiary/aromatic N) is 3. The van der Waals surface area contributed by atoms with Crippen molar-refractivity contribution in [3.8, 4) is 5.88 Å². The van der Waals surface area contributed by atoms with Gasteiger partial charge in [-0.15, -0.1) is 0 Å². The van der Waals surface area contributed by atoms with E-state index in [2.05, 4.69) is 41.3 Å². The van der Waals surface area contributed by atoms with Crippen molar-refractivity contribution in [3.05, 3.63) is 35.4 Å². The lowest BCUT2D eigenvalue weighted by Crippen LogP contribution is -2.32. The van der Waals surface area contributed by atoms with Gasteiger partial charge in [0.15, 0.2) is 0 Å². The molecular formula is C29H41N5O4. The molecular weight excluding hydrogens is 482 g/mol. The molecule has 1 amide bonds. The minimum atomic E-state index is -0.712. The molecule has 1 fully saturated rings. The Morgan fingerprint density at radius 2 is 1.87 bits per heavy atom. The van der Waals surface area contributed by atoms with Crippen molar-refractivity contribution in [3.63, 3.8) is 0 Å². The quantitative estimate of drug-likeness (QED) is 0.330. The van der Waals surface area contributed by atoms with Gasteiger partial charge in [0.05, 0.1) is 6.54 Å². The van der Waals surface area contributed by atoms with Crippen molar-refractivity contribution in [2.75, 3.05) is 35.6 Å². The van der Waals surface area contributed by atoms with E-state index >= 15 is 0 Å². The van der Waals surface area contributed by atoms with Crippen LogP contribution in [0.2, 0.25) is 0 Å². The van der Waals surface area contributed by atoms with Gasteiger partial charge in [0, 0.05) is 18.7 Å². The first kappa shape index (κ1) is 27.7. The van der Waals surface area contributed by atoms with Crippen LogP contribution in [-0.2, 0) is 4.79 Å². The maximum Gasteiger partial charge on any atom is 0.303 e. The van der Waals surface area contributed by atoms with Gasteiger partial charge >= 0.3 is 5.97 Å². The van der Waals surface area contributed by atoms with E-state index in [9.17, 15) is 9.59 Å². The topological polar surface area (TPSA) is 131 Å². The Morgan fingerprint density at radius 3 is 2.55 bits per heavy atom. The van der Waals surface area contributed by atoms with Crippen molar-refractivity contribution in [1.29, 1.82) is 0 Å². The molecule has 9 heteroatoms. The van der Waals surface area contributed by atoms with Gasteiger partial charge in [-0.25, -0.2) is 0 Å². The SMILES string of the molecule is CC(C)CCCCCNc1nc(N)c2c(n1)OCCN(c1ccc([C@H]3CC[C@H](CC(=O)O)CC3)cc1)C2=O. The fourth-order valence-corrected chi connectivity index (χ4v) is 5.49. The van der Waals surface area contributed by atoms with Crippen molar-refractivity contribution in [2.24, 2.45) is 11.8 Å². The fraction of sp³-hybridized carbons (Fsp3) is 0.586. The summed E-state index contributed by atoms with van der Waals surface area (Å²) in [7, 11) is 0. The molecule has 2 aromatic rings. The number of nitrogens with two attached hydrogens (primary N) is 1. The zero-order chi connectivity index (χ0) is 27.1. The first-order chi connectivity index (χ1) is 18.3. The number of unbranched alkanes of at least 4 members (excludes halogenated alkanes) is 2. The van der Waals surface area contributed by atoms with E-state index in [4.69, 9.17) is 15.6 Å². The van der Waals surface area contributed by atoms with Crippen molar-refractivity contribution in [2.45, 2.75) is 77.6 Å². The summed E-state index contributed by atoms with van der Waals surface area (Å²) >= 11 is 0. The molecule has 0 unspecified atom stereocenters. The Labute approximate surface area is 225 Å². The number of fused-ring (bicyclic) bond motifs is 1. The Bertz CT molecular complexity index is 1100.